The van der Waals surface area contributed by atoms with Crippen molar-refractivity contribution in [2.24, 2.45) is 0 Å². The maximum atomic E-state index is 13.3. The molecule has 1 radical (unpaired) electrons. The maximum Gasteiger partial charge on any atom is 0.200 e. The monoisotopic (exact) mass is 253 g/mol. The van der Waals surface area contributed by atoms with E-state index in [2.05, 4.69) is 0 Å². The lowest BCUT2D eigenvalue weighted by atomic mass is 10.3. The van der Waals surface area contributed by atoms with Crippen LogP contribution in [0.2, 0.25) is 12.1 Å². The van der Waals surface area contributed by atoms with Crippen molar-refractivity contribution in [1.29, 1.82) is 0 Å². The second-order valence-electron chi connectivity index (χ2n) is 3.78. The number of benzene rings is 1. The molecule has 0 saturated carbocycles. The summed E-state index contributed by atoms with van der Waals surface area (Å²) in [4.78, 5) is 0. The Labute approximate surface area is 91.7 Å². The van der Waals surface area contributed by atoms with Crippen molar-refractivity contribution < 1.29 is 22.0 Å². The van der Waals surface area contributed by atoms with Gasteiger partial charge in [-0.3, -0.25) is 0 Å². The average molecular weight is 253 g/mol. The van der Waals surface area contributed by atoms with Crippen LogP contribution in [-0.2, 0) is 0 Å². The fourth-order valence-electron chi connectivity index (χ4n) is 1.24. The molecular weight excluding hydrogens is 243 g/mol. The molecule has 1 aromatic rings. The highest BCUT2D eigenvalue weighted by molar-refractivity contribution is 6.73. The van der Waals surface area contributed by atoms with Gasteiger partial charge in [0.15, 0.2) is 23.3 Å². The van der Waals surface area contributed by atoms with E-state index < -0.39 is 43.1 Å². The van der Waals surface area contributed by atoms with E-state index in [-0.39, 0.29) is 5.54 Å². The van der Waals surface area contributed by atoms with Gasteiger partial charge in [0.25, 0.3) is 0 Å². The Kier molecular flexibility index (Phi) is 3.72. The molecular formula is C10H10F5Si. The lowest BCUT2D eigenvalue weighted by Gasteiger charge is -2.16. The van der Waals surface area contributed by atoms with E-state index in [0.717, 1.165) is 0 Å². The van der Waals surface area contributed by atoms with Gasteiger partial charge >= 0.3 is 0 Å². The lowest BCUT2D eigenvalue weighted by molar-refractivity contribution is 0.384. The molecule has 0 N–H and O–H groups in total. The SMILES string of the molecule is CC(C)[Si](C)c1c(F)c(F)c(F)c(F)c1F. The van der Waals surface area contributed by atoms with Crippen LogP contribution < -0.4 is 5.19 Å². The summed E-state index contributed by atoms with van der Waals surface area (Å²) in [5.41, 5.74) is -0.127. The summed E-state index contributed by atoms with van der Waals surface area (Å²) in [6.07, 6.45) is 0. The van der Waals surface area contributed by atoms with Crippen LogP contribution >= 0.6 is 0 Å². The first-order chi connectivity index (χ1) is 7.29. The molecule has 89 valence electrons. The molecule has 0 spiro atoms. The predicted octanol–water partition coefficient (Wildman–Crippen LogP) is 3.12. The summed E-state index contributed by atoms with van der Waals surface area (Å²) in [7, 11) is -1.80. The number of halogens is 5. The van der Waals surface area contributed by atoms with E-state index in [1.165, 1.54) is 6.55 Å². The van der Waals surface area contributed by atoms with Gasteiger partial charge in [0.05, 0.1) is 8.80 Å². The summed E-state index contributed by atoms with van der Waals surface area (Å²) in [5.74, 6) is -9.21. The van der Waals surface area contributed by atoms with E-state index in [9.17, 15) is 22.0 Å². The van der Waals surface area contributed by atoms with Crippen LogP contribution in [0.4, 0.5) is 22.0 Å². The molecule has 0 heterocycles. The van der Waals surface area contributed by atoms with E-state index in [4.69, 9.17) is 0 Å². The van der Waals surface area contributed by atoms with Crippen molar-refractivity contribution in [2.75, 3.05) is 0 Å². The van der Waals surface area contributed by atoms with Crippen molar-refractivity contribution in [3.05, 3.63) is 29.1 Å². The second-order valence-corrected chi connectivity index (χ2v) is 6.80. The van der Waals surface area contributed by atoms with Crippen molar-refractivity contribution in [3.63, 3.8) is 0 Å². The van der Waals surface area contributed by atoms with Crippen LogP contribution in [0.25, 0.3) is 0 Å². The predicted molar refractivity (Wildman–Crippen MR) is 52.6 cm³/mol. The molecule has 1 aromatic carbocycles. The molecule has 0 saturated heterocycles. The van der Waals surface area contributed by atoms with Crippen LogP contribution in [0, 0.1) is 29.1 Å². The largest absolute Gasteiger partial charge is 0.204 e. The van der Waals surface area contributed by atoms with Gasteiger partial charge in [-0.15, -0.1) is 0 Å². The average Bonchev–Trinajstić information content (AvgIpc) is 2.23. The van der Waals surface area contributed by atoms with Gasteiger partial charge in [0.1, 0.15) is 0 Å². The van der Waals surface area contributed by atoms with Crippen LogP contribution in [0.1, 0.15) is 13.8 Å². The van der Waals surface area contributed by atoms with Crippen molar-refractivity contribution >= 4 is 14.0 Å². The summed E-state index contributed by atoms with van der Waals surface area (Å²) < 4.78 is 65.1. The third kappa shape index (κ3) is 1.98. The molecule has 0 amide bonds. The zero-order valence-electron chi connectivity index (χ0n) is 8.97. The highest BCUT2D eigenvalue weighted by Crippen LogP contribution is 2.19. The quantitative estimate of drug-likeness (QED) is 0.329. The molecule has 0 atom stereocenters. The Bertz CT molecular complexity index is 387. The van der Waals surface area contributed by atoms with Crippen molar-refractivity contribution in [3.8, 4) is 0 Å². The van der Waals surface area contributed by atoms with E-state index >= 15 is 0 Å². The fourth-order valence-corrected chi connectivity index (χ4v) is 2.73. The zero-order chi connectivity index (χ0) is 12.6. The molecule has 0 unspecified atom stereocenters. The highest BCUT2D eigenvalue weighted by atomic mass is 28.3. The molecule has 16 heavy (non-hydrogen) atoms. The Hall–Kier alpha value is -0.913. The zero-order valence-corrected chi connectivity index (χ0v) is 9.97. The summed E-state index contributed by atoms with van der Waals surface area (Å²) in [5, 5.41) is -0.642. The molecule has 0 aliphatic carbocycles. The maximum absolute atomic E-state index is 13.3. The topological polar surface area (TPSA) is 0 Å². The first-order valence-electron chi connectivity index (χ1n) is 4.64. The molecule has 0 bridgehead atoms. The van der Waals surface area contributed by atoms with Gasteiger partial charge in [0, 0.05) is 5.19 Å². The van der Waals surface area contributed by atoms with E-state index in [1.807, 2.05) is 0 Å². The van der Waals surface area contributed by atoms with Gasteiger partial charge in [0.2, 0.25) is 5.82 Å². The van der Waals surface area contributed by atoms with Gasteiger partial charge in [-0.25, -0.2) is 22.0 Å². The van der Waals surface area contributed by atoms with E-state index in [1.54, 1.807) is 13.8 Å². The Morgan fingerprint density at radius 1 is 0.750 bits per heavy atom. The van der Waals surface area contributed by atoms with Crippen LogP contribution in [0.15, 0.2) is 0 Å². The van der Waals surface area contributed by atoms with Crippen molar-refractivity contribution in [1.82, 2.24) is 0 Å². The Morgan fingerprint density at radius 3 is 1.38 bits per heavy atom. The molecule has 1 rings (SSSR count). The van der Waals surface area contributed by atoms with Gasteiger partial charge in [-0.2, -0.15) is 0 Å². The minimum absolute atomic E-state index is 0.127. The first-order valence-corrected chi connectivity index (χ1v) is 6.72. The van der Waals surface area contributed by atoms with Crippen LogP contribution in [0.3, 0.4) is 0 Å². The Balaban J connectivity index is 3.51. The summed E-state index contributed by atoms with van der Waals surface area (Å²) >= 11 is 0. The molecule has 6 heteroatoms. The number of hydrogen-bond acceptors (Lipinski definition) is 0. The van der Waals surface area contributed by atoms with Gasteiger partial charge < -0.3 is 0 Å². The third-order valence-corrected chi connectivity index (χ3v) is 5.43. The number of hydrogen-bond donors (Lipinski definition) is 0. The molecule has 0 aromatic heterocycles. The highest BCUT2D eigenvalue weighted by Gasteiger charge is 2.30. The van der Waals surface area contributed by atoms with Crippen molar-refractivity contribution in [2.45, 2.75) is 25.9 Å². The van der Waals surface area contributed by atoms with Crippen LogP contribution in [0.5, 0.6) is 0 Å². The number of rotatable bonds is 2. The fraction of sp³-hybridized carbons (Fsp3) is 0.400. The molecule has 0 aliphatic heterocycles. The van der Waals surface area contributed by atoms with Crippen LogP contribution in [-0.4, -0.2) is 8.80 Å². The first kappa shape index (κ1) is 13.2. The van der Waals surface area contributed by atoms with Gasteiger partial charge in [-0.05, 0) is 5.54 Å². The molecule has 0 fully saturated rings. The molecule has 0 nitrogen and oxygen atoms in total. The molecule has 0 aliphatic rings. The second kappa shape index (κ2) is 4.53. The normalized spacial score (nSPS) is 11.6. The van der Waals surface area contributed by atoms with Gasteiger partial charge in [-0.1, -0.05) is 20.4 Å². The standard InChI is InChI=1S/C10H10F5Si/c1-4(2)16(3)10-8(14)6(12)5(11)7(13)9(10)15/h4H,1-3H3. The third-order valence-electron chi connectivity index (χ3n) is 2.47. The Morgan fingerprint density at radius 2 is 1.06 bits per heavy atom. The minimum atomic E-state index is -2.10. The smallest absolute Gasteiger partial charge is 0.200 e. The minimum Gasteiger partial charge on any atom is -0.204 e. The summed E-state index contributed by atoms with van der Waals surface area (Å²) in [6, 6.07) is 0. The summed E-state index contributed by atoms with van der Waals surface area (Å²) in [6.45, 7) is 4.90. The van der Waals surface area contributed by atoms with E-state index in [0.29, 0.717) is 0 Å². The lowest BCUT2D eigenvalue weighted by Crippen LogP contribution is -2.37.